The van der Waals surface area contributed by atoms with Gasteiger partial charge >= 0.3 is 0 Å². The average molecular weight is 327 g/mol. The summed E-state index contributed by atoms with van der Waals surface area (Å²) in [7, 11) is 4.02. The molecule has 0 aliphatic carbocycles. The van der Waals surface area contributed by atoms with E-state index in [0.717, 1.165) is 24.2 Å². The van der Waals surface area contributed by atoms with Crippen molar-refractivity contribution >= 4 is 17.4 Å². The average Bonchev–Trinajstić information content (AvgIpc) is 2.56. The topological polar surface area (TPSA) is 70.2 Å². The minimum absolute atomic E-state index is 0.180. The summed E-state index contributed by atoms with van der Waals surface area (Å²) in [6.07, 6.45) is 2.31. The quantitative estimate of drug-likeness (QED) is 0.765. The molecule has 0 aliphatic rings. The van der Waals surface area contributed by atoms with E-state index >= 15 is 0 Å². The minimum atomic E-state index is -0.180. The van der Waals surface area contributed by atoms with Crippen molar-refractivity contribution in [2.45, 2.75) is 20.3 Å². The fraction of sp³-hybridized carbons (Fsp3) is 0.389. The molecule has 0 atom stereocenters. The number of anilines is 2. The highest BCUT2D eigenvalue weighted by Gasteiger charge is 2.09. The highest BCUT2D eigenvalue weighted by molar-refractivity contribution is 5.92. The fourth-order valence-electron chi connectivity index (χ4n) is 2.26. The van der Waals surface area contributed by atoms with Crippen molar-refractivity contribution in [2.24, 2.45) is 0 Å². The first-order chi connectivity index (χ1) is 11.5. The van der Waals surface area contributed by atoms with Gasteiger partial charge in [0.15, 0.2) is 0 Å². The Balaban J connectivity index is 2.00. The maximum absolute atomic E-state index is 12.2. The Morgan fingerprint density at radius 2 is 2.00 bits per heavy atom. The maximum Gasteiger partial charge on any atom is 0.270 e. The van der Waals surface area contributed by atoms with Crippen LogP contribution in [0.15, 0.2) is 30.6 Å². The Bertz CT molecular complexity index is 700. The smallest absolute Gasteiger partial charge is 0.270 e. The van der Waals surface area contributed by atoms with Crippen LogP contribution in [-0.4, -0.2) is 48.0 Å². The van der Waals surface area contributed by atoms with E-state index in [9.17, 15) is 4.79 Å². The normalized spacial score (nSPS) is 10.7. The van der Waals surface area contributed by atoms with Crippen LogP contribution < -0.4 is 10.6 Å². The molecule has 1 amide bonds. The number of nitrogens with zero attached hydrogens (tertiary/aromatic N) is 3. The Morgan fingerprint density at radius 1 is 1.21 bits per heavy atom. The fourth-order valence-corrected chi connectivity index (χ4v) is 2.26. The van der Waals surface area contributed by atoms with Gasteiger partial charge in [-0.05, 0) is 58.1 Å². The monoisotopic (exact) mass is 327 g/mol. The van der Waals surface area contributed by atoms with E-state index in [1.54, 1.807) is 6.07 Å². The molecule has 0 saturated carbocycles. The molecule has 0 bridgehead atoms. The molecule has 128 valence electrons. The van der Waals surface area contributed by atoms with Gasteiger partial charge in [0.25, 0.3) is 5.91 Å². The number of benzene rings is 1. The molecule has 6 nitrogen and oxygen atoms in total. The Hall–Kier alpha value is -2.47. The van der Waals surface area contributed by atoms with E-state index in [0.29, 0.717) is 18.1 Å². The number of nitrogens with one attached hydrogen (secondary N) is 2. The largest absolute Gasteiger partial charge is 0.351 e. The van der Waals surface area contributed by atoms with Gasteiger partial charge in [0.05, 0.1) is 0 Å². The first-order valence-corrected chi connectivity index (χ1v) is 8.05. The van der Waals surface area contributed by atoms with Crippen LogP contribution in [0.3, 0.4) is 0 Å². The van der Waals surface area contributed by atoms with Crippen molar-refractivity contribution in [1.82, 2.24) is 20.2 Å². The summed E-state index contributed by atoms with van der Waals surface area (Å²) in [6, 6.07) is 7.71. The molecule has 0 radical (unpaired) electrons. The van der Waals surface area contributed by atoms with Crippen molar-refractivity contribution in [3.63, 3.8) is 0 Å². The van der Waals surface area contributed by atoms with Crippen molar-refractivity contribution in [3.8, 4) is 0 Å². The predicted molar refractivity (Wildman–Crippen MR) is 96.7 cm³/mol. The number of aromatic nitrogens is 2. The summed E-state index contributed by atoms with van der Waals surface area (Å²) >= 11 is 0. The molecule has 0 spiro atoms. The maximum atomic E-state index is 12.2. The van der Waals surface area contributed by atoms with Gasteiger partial charge in [0.2, 0.25) is 0 Å². The van der Waals surface area contributed by atoms with E-state index in [2.05, 4.69) is 45.4 Å². The van der Waals surface area contributed by atoms with Gasteiger partial charge in [-0.3, -0.25) is 4.79 Å². The van der Waals surface area contributed by atoms with E-state index in [1.165, 1.54) is 11.9 Å². The van der Waals surface area contributed by atoms with Crippen LogP contribution in [0.1, 0.15) is 28.0 Å². The van der Waals surface area contributed by atoms with Gasteiger partial charge in [-0.2, -0.15) is 0 Å². The number of aryl methyl sites for hydroxylation is 1. The first kappa shape index (κ1) is 17.9. The SMILES string of the molecule is Cc1cccc(Nc2cc(C(=O)NCCCN(C)C)ncn2)c1C. The molecule has 24 heavy (non-hydrogen) atoms. The standard InChI is InChI=1S/C18H25N5O/c1-13-7-5-8-15(14(13)2)22-17-11-16(20-12-21-17)18(24)19-9-6-10-23(3)4/h5,7-8,11-12H,6,9-10H2,1-4H3,(H,19,24)(H,20,21,22). The molecule has 0 fully saturated rings. The molecule has 0 saturated heterocycles. The number of hydrogen-bond donors (Lipinski definition) is 2. The molecule has 1 aromatic heterocycles. The van der Waals surface area contributed by atoms with Crippen LogP contribution in [0.25, 0.3) is 0 Å². The highest BCUT2D eigenvalue weighted by Crippen LogP contribution is 2.21. The van der Waals surface area contributed by atoms with Crippen LogP contribution in [0, 0.1) is 13.8 Å². The van der Waals surface area contributed by atoms with E-state index in [-0.39, 0.29) is 5.91 Å². The molecule has 0 aliphatic heterocycles. The van der Waals surface area contributed by atoms with Gasteiger partial charge in [0, 0.05) is 18.3 Å². The Labute approximate surface area is 143 Å². The van der Waals surface area contributed by atoms with Crippen molar-refractivity contribution < 1.29 is 4.79 Å². The molecule has 0 unspecified atom stereocenters. The summed E-state index contributed by atoms with van der Waals surface area (Å²) in [6.45, 7) is 5.68. The number of hydrogen-bond acceptors (Lipinski definition) is 5. The lowest BCUT2D eigenvalue weighted by Crippen LogP contribution is -2.27. The van der Waals surface area contributed by atoms with Crippen LogP contribution in [0.5, 0.6) is 0 Å². The van der Waals surface area contributed by atoms with Crippen LogP contribution in [0.2, 0.25) is 0 Å². The third-order valence-corrected chi connectivity index (χ3v) is 3.83. The number of amides is 1. The molecule has 6 heteroatoms. The van der Waals surface area contributed by atoms with Crippen molar-refractivity contribution in [1.29, 1.82) is 0 Å². The van der Waals surface area contributed by atoms with Crippen LogP contribution in [-0.2, 0) is 0 Å². The first-order valence-electron chi connectivity index (χ1n) is 8.05. The highest BCUT2D eigenvalue weighted by atomic mass is 16.1. The molecule has 2 rings (SSSR count). The minimum Gasteiger partial charge on any atom is -0.351 e. The molecule has 1 heterocycles. The second-order valence-electron chi connectivity index (χ2n) is 6.07. The zero-order chi connectivity index (χ0) is 17.5. The lowest BCUT2D eigenvalue weighted by molar-refractivity contribution is 0.0947. The second kappa shape index (κ2) is 8.40. The zero-order valence-corrected chi connectivity index (χ0v) is 14.8. The number of rotatable bonds is 7. The van der Waals surface area contributed by atoms with E-state index in [4.69, 9.17) is 0 Å². The third kappa shape index (κ3) is 5.03. The summed E-state index contributed by atoms with van der Waals surface area (Å²) in [4.78, 5) is 22.5. The summed E-state index contributed by atoms with van der Waals surface area (Å²) in [5, 5.41) is 6.13. The Morgan fingerprint density at radius 3 is 2.75 bits per heavy atom. The molecular weight excluding hydrogens is 302 g/mol. The van der Waals surface area contributed by atoms with Gasteiger partial charge in [-0.15, -0.1) is 0 Å². The van der Waals surface area contributed by atoms with Crippen molar-refractivity contribution in [3.05, 3.63) is 47.4 Å². The molecule has 1 aromatic carbocycles. The molecule has 2 aromatic rings. The van der Waals surface area contributed by atoms with Gasteiger partial charge in [-0.25, -0.2) is 9.97 Å². The lowest BCUT2D eigenvalue weighted by Gasteiger charge is -2.12. The number of carbonyl (C=O) groups is 1. The van der Waals surface area contributed by atoms with Gasteiger partial charge in [-0.1, -0.05) is 12.1 Å². The molecule has 2 N–H and O–H groups in total. The van der Waals surface area contributed by atoms with Gasteiger partial charge in [0.1, 0.15) is 17.8 Å². The third-order valence-electron chi connectivity index (χ3n) is 3.83. The van der Waals surface area contributed by atoms with Crippen molar-refractivity contribution in [2.75, 3.05) is 32.5 Å². The molecular formula is C18H25N5O. The summed E-state index contributed by atoms with van der Waals surface area (Å²) < 4.78 is 0. The van der Waals surface area contributed by atoms with Crippen LogP contribution >= 0.6 is 0 Å². The van der Waals surface area contributed by atoms with E-state index < -0.39 is 0 Å². The second-order valence-corrected chi connectivity index (χ2v) is 6.07. The van der Waals surface area contributed by atoms with E-state index in [1.807, 2.05) is 26.2 Å². The Kier molecular flexibility index (Phi) is 6.26. The number of carbonyl (C=O) groups excluding carboxylic acids is 1. The summed E-state index contributed by atoms with van der Waals surface area (Å²) in [5.41, 5.74) is 3.70. The zero-order valence-electron chi connectivity index (χ0n) is 14.8. The van der Waals surface area contributed by atoms with Crippen LogP contribution in [0.4, 0.5) is 11.5 Å². The van der Waals surface area contributed by atoms with Gasteiger partial charge < -0.3 is 15.5 Å². The summed E-state index contributed by atoms with van der Waals surface area (Å²) in [5.74, 6) is 0.428. The predicted octanol–water partition coefficient (Wildman–Crippen LogP) is 2.52. The lowest BCUT2D eigenvalue weighted by atomic mass is 10.1.